The van der Waals surface area contributed by atoms with Crippen molar-refractivity contribution >= 4 is 0 Å². The van der Waals surface area contributed by atoms with E-state index in [0.717, 1.165) is 32.6 Å². The summed E-state index contributed by atoms with van der Waals surface area (Å²) in [6.45, 7) is 4.81. The molecule has 1 saturated heterocycles. The lowest BCUT2D eigenvalue weighted by atomic mass is 9.86. The van der Waals surface area contributed by atoms with Gasteiger partial charge >= 0.3 is 0 Å². The molecule has 1 aromatic rings. The molecule has 1 fully saturated rings. The van der Waals surface area contributed by atoms with Gasteiger partial charge in [-0.1, -0.05) is 31.2 Å². The second-order valence-corrected chi connectivity index (χ2v) is 4.67. The highest BCUT2D eigenvalue weighted by atomic mass is 16.5. The summed E-state index contributed by atoms with van der Waals surface area (Å²) in [6.07, 6.45) is 2.22. The van der Waals surface area contributed by atoms with Crippen LogP contribution in [0.25, 0.3) is 0 Å². The molecule has 0 spiro atoms. The Labute approximate surface area is 97.8 Å². The van der Waals surface area contributed by atoms with Gasteiger partial charge < -0.3 is 10.5 Å². The first-order chi connectivity index (χ1) is 7.83. The first kappa shape index (κ1) is 11.6. The van der Waals surface area contributed by atoms with Crippen molar-refractivity contribution in [3.8, 4) is 0 Å². The maximum Gasteiger partial charge on any atom is 0.0535 e. The van der Waals surface area contributed by atoms with E-state index in [1.807, 2.05) is 0 Å². The predicted molar refractivity (Wildman–Crippen MR) is 66.7 cm³/mol. The Morgan fingerprint density at radius 3 is 2.94 bits per heavy atom. The molecule has 1 heterocycles. The molecular formula is C14H21NO. The molecule has 1 aliphatic heterocycles. The summed E-state index contributed by atoms with van der Waals surface area (Å²) < 4.78 is 5.48. The molecule has 2 heteroatoms. The zero-order chi connectivity index (χ0) is 11.4. The predicted octanol–water partition coefficient (Wildman–Crippen LogP) is 2.64. The fraction of sp³-hybridized carbons (Fsp3) is 0.571. The number of ether oxygens (including phenoxy) is 1. The van der Waals surface area contributed by atoms with E-state index < -0.39 is 0 Å². The molecule has 0 aliphatic carbocycles. The van der Waals surface area contributed by atoms with Crippen LogP contribution < -0.4 is 5.73 Å². The van der Waals surface area contributed by atoms with E-state index >= 15 is 0 Å². The van der Waals surface area contributed by atoms with Crippen LogP contribution in [0.15, 0.2) is 24.3 Å². The fourth-order valence-electron chi connectivity index (χ4n) is 2.52. The highest BCUT2D eigenvalue weighted by Crippen LogP contribution is 2.32. The number of nitrogens with two attached hydrogens (primary N) is 1. The molecule has 0 saturated carbocycles. The van der Waals surface area contributed by atoms with E-state index in [0.29, 0.717) is 11.8 Å². The monoisotopic (exact) mass is 219 g/mol. The minimum atomic E-state index is 0.557. The van der Waals surface area contributed by atoms with Gasteiger partial charge in [0.25, 0.3) is 0 Å². The van der Waals surface area contributed by atoms with E-state index in [1.165, 1.54) is 11.1 Å². The quantitative estimate of drug-likeness (QED) is 0.845. The van der Waals surface area contributed by atoms with E-state index in [9.17, 15) is 0 Å². The lowest BCUT2D eigenvalue weighted by Crippen LogP contribution is -2.09. The summed E-state index contributed by atoms with van der Waals surface area (Å²) in [5.41, 5.74) is 8.58. The van der Waals surface area contributed by atoms with Gasteiger partial charge in [-0.2, -0.15) is 0 Å². The van der Waals surface area contributed by atoms with Gasteiger partial charge in [-0.3, -0.25) is 0 Å². The number of hydrogen-bond donors (Lipinski definition) is 1. The SMILES string of the molecule is CC(CCN)c1ccccc1C1CCOC1. The van der Waals surface area contributed by atoms with Crippen LogP contribution in [0.4, 0.5) is 0 Å². The molecule has 2 N–H and O–H groups in total. The summed E-state index contributed by atoms with van der Waals surface area (Å²) >= 11 is 0. The number of benzene rings is 1. The van der Waals surface area contributed by atoms with E-state index in [2.05, 4.69) is 31.2 Å². The fourth-order valence-corrected chi connectivity index (χ4v) is 2.52. The Balaban J connectivity index is 2.22. The summed E-state index contributed by atoms with van der Waals surface area (Å²) in [6, 6.07) is 8.75. The van der Waals surface area contributed by atoms with E-state index in [4.69, 9.17) is 10.5 Å². The van der Waals surface area contributed by atoms with E-state index in [1.54, 1.807) is 0 Å². The lowest BCUT2D eigenvalue weighted by Gasteiger charge is -2.19. The Bertz CT molecular complexity index is 331. The van der Waals surface area contributed by atoms with Crippen LogP contribution in [0.2, 0.25) is 0 Å². The molecule has 0 amide bonds. The summed E-state index contributed by atoms with van der Waals surface area (Å²) in [5, 5.41) is 0. The van der Waals surface area contributed by atoms with Gasteiger partial charge in [0.2, 0.25) is 0 Å². The van der Waals surface area contributed by atoms with Crippen molar-refractivity contribution in [2.24, 2.45) is 5.73 Å². The number of hydrogen-bond acceptors (Lipinski definition) is 2. The van der Waals surface area contributed by atoms with Crippen LogP contribution in [0, 0.1) is 0 Å². The first-order valence-electron chi connectivity index (χ1n) is 6.19. The van der Waals surface area contributed by atoms with Crippen LogP contribution >= 0.6 is 0 Å². The molecule has 2 atom stereocenters. The Morgan fingerprint density at radius 1 is 1.44 bits per heavy atom. The minimum Gasteiger partial charge on any atom is -0.381 e. The van der Waals surface area contributed by atoms with Crippen molar-refractivity contribution in [1.82, 2.24) is 0 Å². The largest absolute Gasteiger partial charge is 0.381 e. The topological polar surface area (TPSA) is 35.2 Å². The van der Waals surface area contributed by atoms with Crippen LogP contribution in [-0.4, -0.2) is 19.8 Å². The smallest absolute Gasteiger partial charge is 0.0535 e. The van der Waals surface area contributed by atoms with Gasteiger partial charge in [-0.15, -0.1) is 0 Å². The standard InChI is InChI=1S/C14H21NO/c1-11(6-8-15)13-4-2-3-5-14(13)12-7-9-16-10-12/h2-5,11-12H,6-10,15H2,1H3. The lowest BCUT2D eigenvalue weighted by molar-refractivity contribution is 0.194. The number of rotatable bonds is 4. The van der Waals surface area contributed by atoms with Crippen molar-refractivity contribution in [3.63, 3.8) is 0 Å². The van der Waals surface area contributed by atoms with Crippen LogP contribution in [0.5, 0.6) is 0 Å². The van der Waals surface area contributed by atoms with Crippen molar-refractivity contribution in [2.75, 3.05) is 19.8 Å². The highest BCUT2D eigenvalue weighted by molar-refractivity contribution is 5.33. The van der Waals surface area contributed by atoms with Gasteiger partial charge in [0.1, 0.15) is 0 Å². The molecule has 1 aliphatic rings. The van der Waals surface area contributed by atoms with Crippen molar-refractivity contribution in [1.29, 1.82) is 0 Å². The maximum absolute atomic E-state index is 5.65. The van der Waals surface area contributed by atoms with Crippen LogP contribution in [0.1, 0.15) is 42.7 Å². The third-order valence-electron chi connectivity index (χ3n) is 3.50. The third-order valence-corrected chi connectivity index (χ3v) is 3.50. The van der Waals surface area contributed by atoms with E-state index in [-0.39, 0.29) is 0 Å². The summed E-state index contributed by atoms with van der Waals surface area (Å²) in [4.78, 5) is 0. The molecule has 1 aromatic carbocycles. The molecule has 2 nitrogen and oxygen atoms in total. The first-order valence-corrected chi connectivity index (χ1v) is 6.19. The minimum absolute atomic E-state index is 0.557. The molecular weight excluding hydrogens is 198 g/mol. The molecule has 88 valence electrons. The van der Waals surface area contributed by atoms with Crippen LogP contribution in [0.3, 0.4) is 0 Å². The zero-order valence-electron chi connectivity index (χ0n) is 9.99. The van der Waals surface area contributed by atoms with Gasteiger partial charge in [0, 0.05) is 12.5 Å². The Kier molecular flexibility index (Phi) is 3.97. The van der Waals surface area contributed by atoms with Crippen LogP contribution in [-0.2, 0) is 4.74 Å². The molecule has 0 radical (unpaired) electrons. The van der Waals surface area contributed by atoms with Crippen molar-refractivity contribution in [2.45, 2.75) is 31.6 Å². The molecule has 2 rings (SSSR count). The molecule has 16 heavy (non-hydrogen) atoms. The molecule has 0 aromatic heterocycles. The molecule has 0 bridgehead atoms. The second kappa shape index (κ2) is 5.46. The normalized spacial score (nSPS) is 22.2. The summed E-state index contributed by atoms with van der Waals surface area (Å²) in [5.74, 6) is 1.15. The van der Waals surface area contributed by atoms with Gasteiger partial charge in [-0.05, 0) is 36.4 Å². The summed E-state index contributed by atoms with van der Waals surface area (Å²) in [7, 11) is 0. The third kappa shape index (κ3) is 2.45. The Morgan fingerprint density at radius 2 is 2.25 bits per heavy atom. The van der Waals surface area contributed by atoms with Gasteiger partial charge in [0.05, 0.1) is 6.61 Å². The van der Waals surface area contributed by atoms with Gasteiger partial charge in [-0.25, -0.2) is 0 Å². The molecule has 2 unspecified atom stereocenters. The second-order valence-electron chi connectivity index (χ2n) is 4.67. The highest BCUT2D eigenvalue weighted by Gasteiger charge is 2.21. The van der Waals surface area contributed by atoms with Gasteiger partial charge in [0.15, 0.2) is 0 Å². The van der Waals surface area contributed by atoms with Crippen molar-refractivity contribution < 1.29 is 4.74 Å². The average molecular weight is 219 g/mol. The zero-order valence-corrected chi connectivity index (χ0v) is 9.99. The maximum atomic E-state index is 5.65. The van der Waals surface area contributed by atoms with Crippen molar-refractivity contribution in [3.05, 3.63) is 35.4 Å². The average Bonchev–Trinajstić information content (AvgIpc) is 2.83. The Hall–Kier alpha value is -0.860.